The van der Waals surface area contributed by atoms with Crippen molar-refractivity contribution in [2.24, 2.45) is 0 Å². The van der Waals surface area contributed by atoms with Crippen molar-refractivity contribution >= 4 is 27.7 Å². The highest BCUT2D eigenvalue weighted by Crippen LogP contribution is 2.13. The van der Waals surface area contributed by atoms with Gasteiger partial charge in [-0.15, -0.1) is 0 Å². The van der Waals surface area contributed by atoms with Crippen molar-refractivity contribution < 1.29 is 9.94 Å². The predicted octanol–water partition coefficient (Wildman–Crippen LogP) is 3.96. The van der Waals surface area contributed by atoms with E-state index in [-0.39, 0.29) is 5.75 Å². The third kappa shape index (κ3) is 5.12. The molecule has 0 aliphatic rings. The van der Waals surface area contributed by atoms with E-state index in [4.69, 9.17) is 4.84 Å². The molecule has 21 heavy (non-hydrogen) atoms. The molecule has 0 aliphatic heterocycles. The highest BCUT2D eigenvalue weighted by atomic mass is 79.9. The lowest BCUT2D eigenvalue weighted by Crippen LogP contribution is -2.14. The number of phenols is 1. The van der Waals surface area contributed by atoms with E-state index in [2.05, 4.69) is 27.1 Å². The smallest absolute Gasteiger partial charge is 0.115 e. The number of benzene rings is 2. The number of phenolic OH excluding ortho intramolecular Hbond substituents is 1. The second-order valence-corrected chi connectivity index (χ2v) is 5.05. The van der Waals surface area contributed by atoms with Crippen molar-refractivity contribution in [3.63, 3.8) is 0 Å². The van der Waals surface area contributed by atoms with E-state index < -0.39 is 0 Å². The van der Waals surface area contributed by atoms with Crippen molar-refractivity contribution in [1.82, 2.24) is 5.48 Å². The first-order chi connectivity index (χ1) is 10.3. The maximum Gasteiger partial charge on any atom is 0.115 e. The summed E-state index contributed by atoms with van der Waals surface area (Å²) in [5.74, 6) is 0.248. The molecule has 0 heterocycles. The van der Waals surface area contributed by atoms with E-state index in [1.165, 1.54) is 0 Å². The monoisotopic (exact) mass is 345 g/mol. The first-order valence-electron chi connectivity index (χ1n) is 6.54. The molecule has 2 aromatic rings. The first-order valence-corrected chi connectivity index (χ1v) is 7.66. The third-order valence-corrected chi connectivity index (χ3v) is 3.02. The van der Waals surface area contributed by atoms with Crippen LogP contribution in [-0.4, -0.2) is 17.0 Å². The molecule has 2 N–H and O–H groups in total. The zero-order chi connectivity index (χ0) is 14.9. The number of alkyl halides is 1. The Bertz CT molecular complexity index is 617. The molecule has 2 aromatic carbocycles. The Morgan fingerprint density at radius 3 is 2.52 bits per heavy atom. The highest BCUT2D eigenvalue weighted by molar-refractivity contribution is 9.09. The van der Waals surface area contributed by atoms with E-state index in [1.807, 2.05) is 48.5 Å². The van der Waals surface area contributed by atoms with Gasteiger partial charge in [-0.05, 0) is 23.8 Å². The Labute approximate surface area is 132 Å². The summed E-state index contributed by atoms with van der Waals surface area (Å²) in [4.78, 5) is 5.35. The topological polar surface area (TPSA) is 41.5 Å². The van der Waals surface area contributed by atoms with Crippen LogP contribution in [0.4, 0.5) is 0 Å². The normalized spacial score (nSPS) is 9.76. The molecule has 0 bridgehead atoms. The molecular weight excluding hydrogens is 330 g/mol. The van der Waals surface area contributed by atoms with Gasteiger partial charge in [0.25, 0.3) is 0 Å². The molecule has 0 saturated heterocycles. The van der Waals surface area contributed by atoms with Crippen LogP contribution in [0.3, 0.4) is 0 Å². The van der Waals surface area contributed by atoms with Crippen LogP contribution in [0.2, 0.25) is 0 Å². The lowest BCUT2D eigenvalue weighted by molar-refractivity contribution is 0.0928. The van der Waals surface area contributed by atoms with Crippen LogP contribution in [0, 0.1) is 0 Å². The number of aromatic hydroxyl groups is 1. The van der Waals surface area contributed by atoms with Crippen molar-refractivity contribution in [3.05, 3.63) is 71.5 Å². The lowest BCUT2D eigenvalue weighted by Gasteiger charge is -2.08. The van der Waals surface area contributed by atoms with Crippen LogP contribution < -0.4 is 5.48 Å². The molecule has 0 fully saturated rings. The van der Waals surface area contributed by atoms with Gasteiger partial charge in [-0.3, -0.25) is 10.3 Å². The molecule has 0 aromatic heterocycles. The van der Waals surface area contributed by atoms with E-state index in [0.29, 0.717) is 6.61 Å². The standard InChI is InChI=1S/C17H16BrNO2/c18-12-13-21-19-17(15-4-2-1-3-5-15)11-8-14-6-9-16(20)10-7-14/h1-10,19-20H,12-13H2. The van der Waals surface area contributed by atoms with Gasteiger partial charge in [0.2, 0.25) is 0 Å². The Morgan fingerprint density at radius 2 is 1.86 bits per heavy atom. The van der Waals surface area contributed by atoms with Gasteiger partial charge in [0.1, 0.15) is 11.4 Å². The Kier molecular flexibility index (Phi) is 6.10. The molecule has 0 atom stereocenters. The summed E-state index contributed by atoms with van der Waals surface area (Å²) >= 11 is 3.31. The molecule has 0 aliphatic carbocycles. The van der Waals surface area contributed by atoms with Gasteiger partial charge in [-0.25, -0.2) is 0 Å². The number of hydrogen-bond donors (Lipinski definition) is 2. The minimum absolute atomic E-state index is 0.248. The fraction of sp³-hybridized carbons (Fsp3) is 0.118. The number of rotatable bonds is 6. The Hall–Kier alpha value is -2.00. The maximum absolute atomic E-state index is 9.28. The van der Waals surface area contributed by atoms with Gasteiger partial charge >= 0.3 is 0 Å². The molecule has 108 valence electrons. The fourth-order valence-corrected chi connectivity index (χ4v) is 1.83. The average molecular weight is 346 g/mol. The summed E-state index contributed by atoms with van der Waals surface area (Å²) in [6.45, 7) is 0.553. The van der Waals surface area contributed by atoms with Gasteiger partial charge in [-0.1, -0.05) is 64.1 Å². The zero-order valence-corrected chi connectivity index (χ0v) is 13.0. The molecular formula is C17H16BrNO2. The number of halogens is 1. The van der Waals surface area contributed by atoms with Crippen molar-refractivity contribution in [2.75, 3.05) is 11.9 Å². The van der Waals surface area contributed by atoms with Crippen LogP contribution in [0.1, 0.15) is 11.1 Å². The number of hydroxylamine groups is 1. The first kappa shape index (κ1) is 15.4. The summed E-state index contributed by atoms with van der Waals surface area (Å²) in [7, 11) is 0. The maximum atomic E-state index is 9.28. The molecule has 0 amide bonds. The Balaban J connectivity index is 2.25. The van der Waals surface area contributed by atoms with Gasteiger partial charge in [0.15, 0.2) is 0 Å². The molecule has 4 heteroatoms. The molecule has 2 rings (SSSR count). The second kappa shape index (κ2) is 8.32. The van der Waals surface area contributed by atoms with Gasteiger partial charge in [0, 0.05) is 10.9 Å². The van der Waals surface area contributed by atoms with E-state index >= 15 is 0 Å². The zero-order valence-electron chi connectivity index (χ0n) is 11.4. The summed E-state index contributed by atoms with van der Waals surface area (Å²) in [6.07, 6.45) is 1.84. The van der Waals surface area contributed by atoms with Crippen molar-refractivity contribution in [1.29, 1.82) is 0 Å². The minimum Gasteiger partial charge on any atom is -0.508 e. The van der Waals surface area contributed by atoms with Crippen LogP contribution in [-0.2, 0) is 4.84 Å². The predicted molar refractivity (Wildman–Crippen MR) is 88.8 cm³/mol. The van der Waals surface area contributed by atoms with Gasteiger partial charge in [-0.2, -0.15) is 0 Å². The molecule has 0 unspecified atom stereocenters. The molecule has 0 spiro atoms. The van der Waals surface area contributed by atoms with Crippen molar-refractivity contribution in [2.45, 2.75) is 0 Å². The minimum atomic E-state index is 0.248. The second-order valence-electron chi connectivity index (χ2n) is 4.26. The molecule has 0 saturated carbocycles. The van der Waals surface area contributed by atoms with Crippen LogP contribution >= 0.6 is 15.9 Å². The number of nitrogens with one attached hydrogen (secondary N) is 1. The quantitative estimate of drug-likeness (QED) is 0.360. The SMILES string of the molecule is Oc1ccc(C=C=C(NOCCBr)c2ccccc2)cc1. The van der Waals surface area contributed by atoms with E-state index in [1.54, 1.807) is 12.1 Å². The Morgan fingerprint density at radius 1 is 1.14 bits per heavy atom. The molecule has 3 nitrogen and oxygen atoms in total. The fourth-order valence-electron chi connectivity index (χ4n) is 1.66. The summed E-state index contributed by atoms with van der Waals surface area (Å²) in [6, 6.07) is 16.8. The average Bonchev–Trinajstić information content (AvgIpc) is 2.53. The van der Waals surface area contributed by atoms with Crippen molar-refractivity contribution in [3.8, 4) is 5.75 Å². The number of hydrogen-bond acceptors (Lipinski definition) is 3. The molecule has 0 radical (unpaired) electrons. The van der Waals surface area contributed by atoms with Crippen LogP contribution in [0.5, 0.6) is 5.75 Å². The summed E-state index contributed by atoms with van der Waals surface area (Å²) < 4.78 is 0. The van der Waals surface area contributed by atoms with E-state index in [0.717, 1.165) is 22.2 Å². The van der Waals surface area contributed by atoms with Crippen LogP contribution in [0.15, 0.2) is 60.3 Å². The van der Waals surface area contributed by atoms with Gasteiger partial charge < -0.3 is 5.11 Å². The summed E-state index contributed by atoms with van der Waals surface area (Å²) in [5, 5.41) is 10.0. The largest absolute Gasteiger partial charge is 0.508 e. The van der Waals surface area contributed by atoms with Crippen LogP contribution in [0.25, 0.3) is 11.8 Å². The highest BCUT2D eigenvalue weighted by Gasteiger charge is 1.99. The van der Waals surface area contributed by atoms with E-state index in [9.17, 15) is 5.11 Å². The lowest BCUT2D eigenvalue weighted by atomic mass is 10.1. The summed E-state index contributed by atoms with van der Waals surface area (Å²) in [5.41, 5.74) is 8.79. The van der Waals surface area contributed by atoms with Gasteiger partial charge in [0.05, 0.1) is 6.61 Å². The third-order valence-electron chi connectivity index (χ3n) is 2.69.